The van der Waals surface area contributed by atoms with Crippen molar-refractivity contribution < 1.29 is 27.5 Å². The number of hydrogen-bond donors (Lipinski definition) is 2. The third-order valence-electron chi connectivity index (χ3n) is 7.39. The van der Waals surface area contributed by atoms with Gasteiger partial charge in [-0.15, -0.1) is 0 Å². The summed E-state index contributed by atoms with van der Waals surface area (Å²) in [7, 11) is -0.167. The second-order valence-electron chi connectivity index (χ2n) is 11.0. The molecule has 48 heavy (non-hydrogen) atoms. The quantitative estimate of drug-likeness (QED) is 0.132. The van der Waals surface area contributed by atoms with Gasteiger partial charge >= 0.3 is 5.97 Å². The first kappa shape index (κ1) is 36.1. The normalized spacial score (nSPS) is 11.9. The van der Waals surface area contributed by atoms with Gasteiger partial charge in [-0.1, -0.05) is 54.6 Å². The zero-order valence-corrected chi connectivity index (χ0v) is 28.8. The van der Waals surface area contributed by atoms with E-state index in [9.17, 15) is 22.8 Å². The van der Waals surface area contributed by atoms with Crippen LogP contribution in [0.2, 0.25) is 0 Å². The molecular weight excluding hydrogens is 653 g/mol. The number of esters is 1. The molecule has 0 saturated heterocycles. The summed E-state index contributed by atoms with van der Waals surface area (Å²) in [6.45, 7) is 3.18. The van der Waals surface area contributed by atoms with Gasteiger partial charge in [-0.25, -0.2) is 23.1 Å². The van der Waals surface area contributed by atoms with E-state index in [1.54, 1.807) is 68.6 Å². The van der Waals surface area contributed by atoms with Crippen molar-refractivity contribution in [3.05, 3.63) is 100 Å². The number of benzene rings is 3. The smallest absolute Gasteiger partial charge is 0.307 e. The van der Waals surface area contributed by atoms with E-state index in [4.69, 9.17) is 10.5 Å². The van der Waals surface area contributed by atoms with Crippen LogP contribution in [0.5, 0.6) is 0 Å². The standard InChI is InChI=1S/C34H38N6O6S2/c1-23(40(22-41)21-26-20-36-24(2)38-33(26)35)30(47-34(43)25-10-6-5-7-11-25)17-19-46-32(42)16-18-37-48(44,45)31-15-9-12-27-28(31)13-8-14-29(27)39(3)4/h5-15,20,22,37H,16-19,21H2,1-4H3,(H2,35,36,38). The fourth-order valence-electron chi connectivity index (χ4n) is 4.85. The molecule has 4 aromatic rings. The number of sulfonamides is 1. The summed E-state index contributed by atoms with van der Waals surface area (Å²) in [6.07, 6.45) is 2.08. The first-order valence-corrected chi connectivity index (χ1v) is 17.3. The predicted octanol–water partition coefficient (Wildman–Crippen LogP) is 4.65. The maximum Gasteiger partial charge on any atom is 0.307 e. The molecule has 3 N–H and O–H groups in total. The molecule has 14 heteroatoms. The Morgan fingerprint density at radius 2 is 1.71 bits per heavy atom. The van der Waals surface area contributed by atoms with Crippen LogP contribution in [0.15, 0.2) is 88.4 Å². The number of rotatable bonds is 15. The van der Waals surface area contributed by atoms with Crippen molar-refractivity contribution in [1.82, 2.24) is 19.6 Å². The number of carbonyl (C=O) groups excluding carboxylic acids is 3. The second kappa shape index (κ2) is 16.4. The van der Waals surface area contributed by atoms with Gasteiger partial charge in [0.2, 0.25) is 21.5 Å². The Kier molecular flexibility index (Phi) is 12.3. The van der Waals surface area contributed by atoms with Crippen molar-refractivity contribution in [2.75, 3.05) is 37.9 Å². The minimum atomic E-state index is -3.93. The zero-order chi connectivity index (χ0) is 34.8. The van der Waals surface area contributed by atoms with E-state index < -0.39 is 16.0 Å². The van der Waals surface area contributed by atoms with Crippen molar-refractivity contribution in [3.63, 3.8) is 0 Å². The molecule has 1 amide bonds. The van der Waals surface area contributed by atoms with Crippen molar-refractivity contribution in [2.45, 2.75) is 38.1 Å². The molecule has 1 heterocycles. The average Bonchev–Trinajstić information content (AvgIpc) is 3.06. The minimum absolute atomic E-state index is 0.0676. The van der Waals surface area contributed by atoms with E-state index in [-0.39, 0.29) is 48.4 Å². The maximum atomic E-state index is 13.2. The number of nitrogens with zero attached hydrogens (tertiary/aromatic N) is 4. The van der Waals surface area contributed by atoms with E-state index in [2.05, 4.69) is 14.7 Å². The SMILES string of the molecule is CC(=C(CCOC(=O)CCNS(=O)(=O)c1cccc2c(N(C)C)cccc12)SC(=O)c1ccccc1)N(C=O)Cc1cnc(C)nc1N. The van der Waals surface area contributed by atoms with Crippen LogP contribution in [-0.2, 0) is 30.9 Å². The van der Waals surface area contributed by atoms with Crippen LogP contribution in [0.1, 0.15) is 41.5 Å². The molecule has 12 nitrogen and oxygen atoms in total. The van der Waals surface area contributed by atoms with Gasteiger partial charge in [0.1, 0.15) is 11.6 Å². The molecule has 252 valence electrons. The van der Waals surface area contributed by atoms with E-state index in [1.807, 2.05) is 31.1 Å². The van der Waals surface area contributed by atoms with Crippen LogP contribution in [0.4, 0.5) is 11.5 Å². The van der Waals surface area contributed by atoms with Crippen LogP contribution in [0.3, 0.4) is 0 Å². The third-order valence-corrected chi connectivity index (χ3v) is 10.1. The molecule has 4 rings (SSSR count). The molecule has 0 radical (unpaired) electrons. The van der Waals surface area contributed by atoms with E-state index in [1.165, 1.54) is 11.0 Å². The molecular formula is C34H38N6O6S2. The molecule has 3 aromatic carbocycles. The summed E-state index contributed by atoms with van der Waals surface area (Å²) in [5, 5.41) is 1.11. The maximum absolute atomic E-state index is 13.2. The number of nitrogens with one attached hydrogen (secondary N) is 1. The number of thioether (sulfide) groups is 1. The number of nitrogen functional groups attached to an aromatic ring is 1. The summed E-state index contributed by atoms with van der Waals surface area (Å²) in [5.74, 6) is 0.103. The highest BCUT2D eigenvalue weighted by atomic mass is 32.2. The summed E-state index contributed by atoms with van der Waals surface area (Å²) in [6, 6.07) is 19.2. The molecule has 0 saturated carbocycles. The van der Waals surface area contributed by atoms with Crippen LogP contribution in [0, 0.1) is 6.92 Å². The highest BCUT2D eigenvalue weighted by molar-refractivity contribution is 8.17. The molecule has 0 aliphatic carbocycles. The summed E-state index contributed by atoms with van der Waals surface area (Å²) in [4.78, 5) is 50.1. The van der Waals surface area contributed by atoms with Crippen LogP contribution in [-0.4, -0.2) is 68.0 Å². The Hall–Kier alpha value is -4.79. The van der Waals surface area contributed by atoms with Gasteiger partial charge in [-0.05, 0) is 37.7 Å². The number of aryl methyl sites for hydroxylation is 1. The number of hydrogen-bond acceptors (Lipinski definition) is 11. The predicted molar refractivity (Wildman–Crippen MR) is 188 cm³/mol. The first-order valence-electron chi connectivity index (χ1n) is 15.0. The van der Waals surface area contributed by atoms with Crippen LogP contribution in [0.25, 0.3) is 10.8 Å². The van der Waals surface area contributed by atoms with Gasteiger partial charge < -0.3 is 20.3 Å². The molecule has 0 fully saturated rings. The topological polar surface area (TPSA) is 165 Å². The van der Waals surface area contributed by atoms with Crippen molar-refractivity contribution >= 4 is 61.6 Å². The largest absolute Gasteiger partial charge is 0.465 e. The fourth-order valence-corrected chi connectivity index (χ4v) is 7.03. The number of allylic oxidation sites excluding steroid dienone is 1. The highest BCUT2D eigenvalue weighted by Crippen LogP contribution is 2.31. The molecule has 0 aliphatic heterocycles. The summed E-state index contributed by atoms with van der Waals surface area (Å²) in [5.41, 5.74) is 8.39. The molecule has 0 bridgehead atoms. The molecule has 0 unspecified atom stereocenters. The summed E-state index contributed by atoms with van der Waals surface area (Å²) >= 11 is 0.933. The lowest BCUT2D eigenvalue weighted by atomic mass is 10.1. The van der Waals surface area contributed by atoms with Crippen LogP contribution < -0.4 is 15.4 Å². The number of nitrogens with two attached hydrogens (primary N) is 1. The van der Waals surface area contributed by atoms with Gasteiger partial charge in [0, 0.05) is 71.4 Å². The number of carbonyl (C=O) groups is 3. The Balaban J connectivity index is 1.42. The third kappa shape index (κ3) is 9.18. The van der Waals surface area contributed by atoms with Crippen molar-refractivity contribution in [1.29, 1.82) is 0 Å². The zero-order valence-electron chi connectivity index (χ0n) is 27.2. The lowest BCUT2D eigenvalue weighted by Gasteiger charge is -2.22. The average molecular weight is 691 g/mol. The number of fused-ring (bicyclic) bond motifs is 1. The Labute approximate surface area is 284 Å². The summed E-state index contributed by atoms with van der Waals surface area (Å²) < 4.78 is 34.3. The second-order valence-corrected chi connectivity index (χ2v) is 13.8. The van der Waals surface area contributed by atoms with E-state index in [0.717, 1.165) is 22.8 Å². The minimum Gasteiger partial charge on any atom is -0.465 e. The van der Waals surface area contributed by atoms with Crippen LogP contribution >= 0.6 is 11.8 Å². The lowest BCUT2D eigenvalue weighted by molar-refractivity contribution is -0.143. The fraction of sp³-hybridized carbons (Fsp3) is 0.265. The van der Waals surface area contributed by atoms with E-state index in [0.29, 0.717) is 39.3 Å². The lowest BCUT2D eigenvalue weighted by Crippen LogP contribution is -2.27. The molecule has 0 atom stereocenters. The van der Waals surface area contributed by atoms with Gasteiger partial charge in [0.05, 0.1) is 24.5 Å². The number of aromatic nitrogens is 2. The van der Waals surface area contributed by atoms with Gasteiger partial charge in [-0.2, -0.15) is 0 Å². The van der Waals surface area contributed by atoms with Crippen molar-refractivity contribution in [2.24, 2.45) is 0 Å². The molecule has 0 aliphatic rings. The van der Waals surface area contributed by atoms with Gasteiger partial charge in [-0.3, -0.25) is 14.4 Å². The number of anilines is 2. The number of ether oxygens (including phenoxy) is 1. The Morgan fingerprint density at radius 1 is 1.00 bits per heavy atom. The Morgan fingerprint density at radius 3 is 2.40 bits per heavy atom. The van der Waals surface area contributed by atoms with Gasteiger partial charge in [0.15, 0.2) is 0 Å². The first-order chi connectivity index (χ1) is 22.9. The van der Waals surface area contributed by atoms with Crippen molar-refractivity contribution in [3.8, 4) is 0 Å². The monoisotopic (exact) mass is 690 g/mol. The van der Waals surface area contributed by atoms with Gasteiger partial charge in [0.25, 0.3) is 0 Å². The highest BCUT2D eigenvalue weighted by Gasteiger charge is 2.21. The Bertz CT molecular complexity index is 1930. The molecule has 0 spiro atoms. The molecule has 1 aromatic heterocycles. The van der Waals surface area contributed by atoms with E-state index >= 15 is 0 Å². The number of amides is 1.